The molecule has 2 aliphatic heterocycles. The zero-order chi connectivity index (χ0) is 30.4. The number of urea groups is 1. The zero-order valence-corrected chi connectivity index (χ0v) is 24.7. The highest BCUT2D eigenvalue weighted by atomic mass is 16.5. The SMILES string of the molecule is CCOC(=O)c1cccc(Nc2cc(CN3C(=O)N(c4ccc5c(c4)N(C(C)=O)CC5(C)C)C(=O)C3(C)C)ccn2)c1. The number of carbonyl (C=O) groups excluding carboxylic acids is 4. The van der Waals surface area contributed by atoms with Gasteiger partial charge in [0.2, 0.25) is 5.91 Å². The average Bonchev–Trinajstić information content (AvgIpc) is 3.30. The van der Waals surface area contributed by atoms with E-state index < -0.39 is 17.5 Å². The maximum Gasteiger partial charge on any atom is 0.338 e. The van der Waals surface area contributed by atoms with Crippen LogP contribution in [0.15, 0.2) is 60.8 Å². The lowest BCUT2D eigenvalue weighted by Crippen LogP contribution is -2.43. The summed E-state index contributed by atoms with van der Waals surface area (Å²) in [7, 11) is 0. The summed E-state index contributed by atoms with van der Waals surface area (Å²) in [5.41, 5.74) is 2.65. The molecule has 1 N–H and O–H groups in total. The number of nitrogens with zero attached hydrogens (tertiary/aromatic N) is 4. The van der Waals surface area contributed by atoms with Gasteiger partial charge in [-0.2, -0.15) is 0 Å². The van der Waals surface area contributed by atoms with Gasteiger partial charge in [-0.1, -0.05) is 26.0 Å². The van der Waals surface area contributed by atoms with Crippen molar-refractivity contribution in [2.24, 2.45) is 0 Å². The predicted molar refractivity (Wildman–Crippen MR) is 160 cm³/mol. The van der Waals surface area contributed by atoms with Crippen LogP contribution in [0.5, 0.6) is 0 Å². The van der Waals surface area contributed by atoms with Crippen molar-refractivity contribution in [3.63, 3.8) is 0 Å². The van der Waals surface area contributed by atoms with Crippen LogP contribution in [0.25, 0.3) is 0 Å². The first-order valence-corrected chi connectivity index (χ1v) is 13.9. The molecule has 0 saturated carbocycles. The van der Waals surface area contributed by atoms with Gasteiger partial charge >= 0.3 is 12.0 Å². The van der Waals surface area contributed by atoms with Crippen molar-refractivity contribution in [2.45, 2.75) is 59.0 Å². The zero-order valence-electron chi connectivity index (χ0n) is 24.7. The average molecular weight is 570 g/mol. The maximum absolute atomic E-state index is 13.8. The molecule has 0 radical (unpaired) electrons. The molecule has 0 unspecified atom stereocenters. The molecule has 218 valence electrons. The minimum absolute atomic E-state index is 0.0882. The normalized spacial score (nSPS) is 17.0. The lowest BCUT2D eigenvalue weighted by Gasteiger charge is -2.27. The fraction of sp³-hybridized carbons (Fsp3) is 0.344. The minimum atomic E-state index is -1.11. The number of hydrogen-bond donors (Lipinski definition) is 1. The van der Waals surface area contributed by atoms with Crippen LogP contribution in [-0.4, -0.2) is 52.4 Å². The molecule has 4 amide bonds. The van der Waals surface area contributed by atoms with Gasteiger partial charge < -0.3 is 19.9 Å². The molecular weight excluding hydrogens is 534 g/mol. The molecule has 10 heteroatoms. The molecule has 0 bridgehead atoms. The van der Waals surface area contributed by atoms with Gasteiger partial charge in [0.25, 0.3) is 5.91 Å². The largest absolute Gasteiger partial charge is 0.462 e. The van der Waals surface area contributed by atoms with Gasteiger partial charge in [0.15, 0.2) is 0 Å². The van der Waals surface area contributed by atoms with Gasteiger partial charge in [0.05, 0.1) is 17.9 Å². The van der Waals surface area contributed by atoms with Crippen molar-refractivity contribution in [3.05, 3.63) is 77.5 Å². The number of fused-ring (bicyclic) bond motifs is 1. The summed E-state index contributed by atoms with van der Waals surface area (Å²) in [6.07, 6.45) is 1.62. The number of ether oxygens (including phenoxy) is 1. The van der Waals surface area contributed by atoms with Crippen LogP contribution >= 0.6 is 0 Å². The number of nitrogens with one attached hydrogen (secondary N) is 1. The first-order chi connectivity index (χ1) is 19.8. The van der Waals surface area contributed by atoms with Crippen molar-refractivity contribution in [3.8, 4) is 0 Å². The van der Waals surface area contributed by atoms with E-state index in [-0.39, 0.29) is 30.4 Å². The molecule has 3 heterocycles. The number of hydrogen-bond acceptors (Lipinski definition) is 7. The molecule has 1 aromatic heterocycles. The van der Waals surface area contributed by atoms with Crippen molar-refractivity contribution in [2.75, 3.05) is 28.3 Å². The fourth-order valence-corrected chi connectivity index (χ4v) is 5.54. The lowest BCUT2D eigenvalue weighted by atomic mass is 9.87. The maximum atomic E-state index is 13.8. The first-order valence-electron chi connectivity index (χ1n) is 13.9. The van der Waals surface area contributed by atoms with Gasteiger partial charge in [-0.05, 0) is 74.4 Å². The van der Waals surface area contributed by atoms with Crippen LogP contribution in [0.2, 0.25) is 0 Å². The van der Waals surface area contributed by atoms with Crippen LogP contribution in [0, 0.1) is 0 Å². The smallest absolute Gasteiger partial charge is 0.338 e. The van der Waals surface area contributed by atoms with Crippen LogP contribution in [0.1, 0.15) is 63.0 Å². The monoisotopic (exact) mass is 569 g/mol. The molecular formula is C32H35N5O5. The molecule has 42 heavy (non-hydrogen) atoms. The van der Waals surface area contributed by atoms with E-state index in [1.54, 1.807) is 74.3 Å². The molecule has 0 spiro atoms. The Bertz CT molecular complexity index is 1600. The van der Waals surface area contributed by atoms with Gasteiger partial charge in [0, 0.05) is 43.0 Å². The third kappa shape index (κ3) is 5.08. The Labute approximate surface area is 245 Å². The quantitative estimate of drug-likeness (QED) is 0.300. The lowest BCUT2D eigenvalue weighted by molar-refractivity contribution is -0.123. The number of esters is 1. The summed E-state index contributed by atoms with van der Waals surface area (Å²) in [6, 6.07) is 15.5. The molecule has 0 atom stereocenters. The second kappa shape index (κ2) is 10.6. The number of anilines is 4. The number of rotatable bonds is 7. The number of pyridine rings is 1. The van der Waals surface area contributed by atoms with Crippen LogP contribution in [-0.2, 0) is 26.3 Å². The highest BCUT2D eigenvalue weighted by molar-refractivity contribution is 6.23. The topological polar surface area (TPSA) is 112 Å². The van der Waals surface area contributed by atoms with Crippen molar-refractivity contribution >= 4 is 46.7 Å². The Morgan fingerprint density at radius 1 is 1.02 bits per heavy atom. The molecule has 3 aromatic rings. The Hall–Kier alpha value is -4.73. The summed E-state index contributed by atoms with van der Waals surface area (Å²) in [4.78, 5) is 60.7. The summed E-state index contributed by atoms with van der Waals surface area (Å²) >= 11 is 0. The number of benzene rings is 2. The van der Waals surface area contributed by atoms with Crippen LogP contribution < -0.4 is 15.1 Å². The van der Waals surface area contributed by atoms with E-state index in [2.05, 4.69) is 24.1 Å². The van der Waals surface area contributed by atoms with E-state index in [1.807, 2.05) is 12.1 Å². The number of carbonyl (C=O) groups is 4. The number of aromatic nitrogens is 1. The second-order valence-electron chi connectivity index (χ2n) is 11.7. The van der Waals surface area contributed by atoms with Crippen LogP contribution in [0.4, 0.5) is 27.7 Å². The van der Waals surface area contributed by atoms with E-state index in [1.165, 1.54) is 16.7 Å². The molecule has 10 nitrogen and oxygen atoms in total. The van der Waals surface area contributed by atoms with E-state index in [0.717, 1.165) is 16.8 Å². The summed E-state index contributed by atoms with van der Waals surface area (Å²) < 4.78 is 5.08. The van der Waals surface area contributed by atoms with Gasteiger partial charge in [-0.25, -0.2) is 19.5 Å². The Morgan fingerprint density at radius 3 is 2.50 bits per heavy atom. The van der Waals surface area contributed by atoms with Crippen molar-refractivity contribution < 1.29 is 23.9 Å². The standard InChI is InChI=1S/C32H35N5O5/c1-7-42-28(39)22-9-8-10-23(16-22)34-27-15-21(13-14-33-27)18-36-30(41)37(29(40)32(36,5)6)24-11-12-25-26(17-24)35(20(2)38)19-31(25,3)4/h8-17H,7,18-19H2,1-6H3,(H,33,34). The highest BCUT2D eigenvalue weighted by Crippen LogP contribution is 2.44. The number of imide groups is 1. The van der Waals surface area contributed by atoms with E-state index in [9.17, 15) is 19.2 Å². The van der Waals surface area contributed by atoms with E-state index in [0.29, 0.717) is 29.3 Å². The Balaban J connectivity index is 1.38. The van der Waals surface area contributed by atoms with E-state index in [4.69, 9.17) is 4.74 Å². The van der Waals surface area contributed by atoms with E-state index >= 15 is 0 Å². The highest BCUT2D eigenvalue weighted by Gasteiger charge is 2.52. The third-order valence-electron chi connectivity index (χ3n) is 7.83. The van der Waals surface area contributed by atoms with Gasteiger partial charge in [-0.3, -0.25) is 9.59 Å². The van der Waals surface area contributed by atoms with Crippen molar-refractivity contribution in [1.29, 1.82) is 0 Å². The molecule has 0 aliphatic carbocycles. The molecule has 2 aliphatic rings. The molecule has 2 aromatic carbocycles. The minimum Gasteiger partial charge on any atom is -0.462 e. The number of amides is 4. The van der Waals surface area contributed by atoms with Crippen LogP contribution in [0.3, 0.4) is 0 Å². The molecule has 1 saturated heterocycles. The predicted octanol–water partition coefficient (Wildman–Crippen LogP) is 5.39. The van der Waals surface area contributed by atoms with Crippen molar-refractivity contribution in [1.82, 2.24) is 9.88 Å². The summed E-state index contributed by atoms with van der Waals surface area (Å²) in [6.45, 7) is 11.9. The van der Waals surface area contributed by atoms with Gasteiger partial charge in [-0.15, -0.1) is 0 Å². The molecule has 5 rings (SSSR count). The summed E-state index contributed by atoms with van der Waals surface area (Å²) in [5.74, 6) is -0.323. The van der Waals surface area contributed by atoms with Gasteiger partial charge in [0.1, 0.15) is 11.4 Å². The molecule has 1 fully saturated rings. The fourth-order valence-electron chi connectivity index (χ4n) is 5.54. The Morgan fingerprint density at radius 2 is 1.79 bits per heavy atom. The first kappa shape index (κ1) is 28.8. The third-order valence-corrected chi connectivity index (χ3v) is 7.83. The second-order valence-corrected chi connectivity index (χ2v) is 11.7. The Kier molecular flexibility index (Phi) is 7.26. The summed E-state index contributed by atoms with van der Waals surface area (Å²) in [5, 5.41) is 3.19.